The first kappa shape index (κ1) is 74.8. The number of aliphatic hydroxyl groups is 4. The van der Waals surface area contributed by atoms with Gasteiger partial charge in [-0.3, -0.25) is 0 Å². The number of epoxide rings is 2. The van der Waals surface area contributed by atoms with Crippen LogP contribution in [0, 0.1) is 12.9 Å². The van der Waals surface area contributed by atoms with E-state index in [9.17, 15) is 87.9 Å². The first-order chi connectivity index (χ1) is 28.7. The van der Waals surface area contributed by atoms with E-state index in [2.05, 4.69) is 33.2 Å². The number of alkyl halides is 11. The molecule has 0 aromatic carbocycles. The number of carbonyl (C=O) groups excluding carboxylic acids is 2. The van der Waals surface area contributed by atoms with Crippen molar-refractivity contribution < 1.29 is 161 Å². The fourth-order valence-electron chi connectivity index (χ4n) is 2.54. The predicted octanol–water partition coefficient (Wildman–Crippen LogP) is 5.42. The largest absolute Gasteiger partial charge is 0.483 e. The molecular weight excluding hydrogens is 1760 g/mol. The molecule has 0 radical (unpaired) electrons. The van der Waals surface area contributed by atoms with Crippen molar-refractivity contribution in [3.05, 3.63) is 12.9 Å². The zero-order valence-corrected chi connectivity index (χ0v) is 52.6. The maximum Gasteiger partial charge on any atom is 0.483 e. The summed E-state index contributed by atoms with van der Waals surface area (Å²) in [7, 11) is 0. The first-order valence-corrected chi connectivity index (χ1v) is 15.9. The zero-order valence-electron chi connectivity index (χ0n) is 33.4. The van der Waals surface area contributed by atoms with E-state index in [1.807, 2.05) is 0 Å². The monoisotopic (exact) mass is 1800 g/mol. The molecule has 15 nitrogen and oxygen atoms in total. The summed E-state index contributed by atoms with van der Waals surface area (Å²) in [5.41, 5.74) is 0. The van der Waals surface area contributed by atoms with Crippen molar-refractivity contribution in [2.24, 2.45) is 0 Å². The van der Waals surface area contributed by atoms with E-state index in [-0.39, 0.29) is 45.2 Å². The van der Waals surface area contributed by atoms with Crippen molar-refractivity contribution in [3.63, 3.8) is 0 Å². The van der Waals surface area contributed by atoms with Gasteiger partial charge in [-0.25, -0.2) is 14.0 Å². The van der Waals surface area contributed by atoms with Gasteiger partial charge in [0.2, 0.25) is 0 Å². The molecule has 4 N–H and O–H groups in total. The average molecular weight is 1800 g/mol. The minimum absolute atomic E-state index is 0. The number of hydrogen-bond donors (Lipinski definition) is 4. The smallest absolute Gasteiger partial charge is 0.419 e. The Morgan fingerprint density at radius 1 is 0.591 bits per heavy atom. The van der Waals surface area contributed by atoms with Crippen molar-refractivity contribution in [1.29, 1.82) is 0 Å². The Bertz CT molecular complexity index is 1120. The Labute approximate surface area is 340 Å². The van der Waals surface area contributed by atoms with E-state index in [4.69, 9.17) is 34.8 Å². The van der Waals surface area contributed by atoms with Crippen LogP contribution >= 0.6 is 0 Å². The minimum atomic E-state index is -6.27. The second-order valence-electron chi connectivity index (χ2n) is 10.9. The van der Waals surface area contributed by atoms with Crippen LogP contribution in [-0.2, 0) is 42.8 Å². The van der Waals surface area contributed by atoms with Gasteiger partial charge in [0, 0.05) is 12.9 Å². The third-order valence-corrected chi connectivity index (χ3v) is 5.05. The molecule has 0 aromatic heterocycles. The summed E-state index contributed by atoms with van der Waals surface area (Å²) in [4.78, 5) is 17.7. The summed E-state index contributed by atoms with van der Waals surface area (Å²) in [6.07, 6.45) is -26.1. The number of aliphatic hydroxyl groups excluding tert-OH is 2. The Balaban J connectivity index is -0.000000138. The third kappa shape index (κ3) is 54.6. The van der Waals surface area contributed by atoms with Crippen molar-refractivity contribution in [2.45, 2.75) is 54.6 Å². The van der Waals surface area contributed by atoms with Crippen LogP contribution < -0.4 is 0 Å². The predicted molar refractivity (Wildman–Crippen MR) is 160 cm³/mol. The molecule has 2 fully saturated rings. The van der Waals surface area contributed by atoms with E-state index in [1.165, 1.54) is 4.94 Å². The van der Waals surface area contributed by atoms with Gasteiger partial charge in [0.05, 0.1) is 59.5 Å². The van der Waals surface area contributed by atoms with Crippen LogP contribution in [-0.4, -0.2) is 187 Å². The van der Waals surface area contributed by atoms with E-state index < -0.39 is 121 Å². The molecule has 388 valence electrons. The van der Waals surface area contributed by atoms with E-state index in [0.29, 0.717) is 13.2 Å². The van der Waals surface area contributed by atoms with Gasteiger partial charge in [0.25, 0.3) is 0 Å². The average Bonchev–Trinajstić information content (AvgIpc) is 4.05. The van der Waals surface area contributed by atoms with Crippen molar-refractivity contribution in [3.8, 4) is 0 Å². The Morgan fingerprint density at radius 3 is 1.24 bits per heavy atom. The van der Waals surface area contributed by atoms with Crippen LogP contribution in [0.1, 0.15) is 0 Å². The zero-order chi connectivity index (χ0) is 50.1. The Kier molecular flexibility index (Phi) is 43.8. The van der Waals surface area contributed by atoms with Crippen molar-refractivity contribution in [1.82, 2.24) is 0 Å². The molecule has 2 rings (SSSR count). The van der Waals surface area contributed by atoms with Gasteiger partial charge in [-0.05, 0) is 17.7 Å². The summed E-state index contributed by atoms with van der Waals surface area (Å²) < 4.78 is 265. The standard InChI is InChI=1S/C9H11F9O5.C7H12F3O3.C5H8F2O3.C5H7F2O2.2CF2O.3Rf/c10-6(11,8(14,15)9(16,17)23-18)3-21-1-5(19)2-22-4-7(12,13)20;8-1-2-12-3-6(11)4-13-5-7(9)10;6-5(7,8)3-9-1-4-2-10-4;6-5(7)3-8-1-4-2-9-4;2*2-1(3)4;;;/h5,19-20H,1-4H2;6,11H,1-5H2;4,8H,1-3H2;4H,1-3H2;;;;;/q;-1;;-1;;;;;. The molecule has 2 aliphatic heterocycles. The van der Waals surface area contributed by atoms with Crippen LogP contribution in [0.5, 0.6) is 0 Å². The molecule has 0 spiro atoms. The molecule has 0 aromatic rings. The molecule has 0 aliphatic carbocycles. The summed E-state index contributed by atoms with van der Waals surface area (Å²) in [6, 6.07) is 0. The molecule has 2 aliphatic rings. The van der Waals surface area contributed by atoms with Crippen LogP contribution in [0.4, 0.5) is 97.5 Å². The summed E-state index contributed by atoms with van der Waals surface area (Å²) in [5.74, 6) is -11.9. The second kappa shape index (κ2) is 38.7. The van der Waals surface area contributed by atoms with Crippen LogP contribution in [0.15, 0.2) is 0 Å². The molecule has 4 unspecified atom stereocenters. The molecule has 38 heteroatoms. The SMILES string of the molecule is F[C-](F)COCC1CO1.O=C(F)F.O=C(F)F.OC(COCC(O)(F)F)COCC(F)(F)C(F)(F)C(F)(F)OF.OC(COCCF)COC[C-](F)F.OC(F)(F)COCC1CO1.[Rf].[Rf].[Rf]. The van der Waals surface area contributed by atoms with Gasteiger partial charge in [0.15, 0.2) is 0 Å². The van der Waals surface area contributed by atoms with Crippen LogP contribution in [0.3, 0.4) is 0 Å². The van der Waals surface area contributed by atoms with Gasteiger partial charge < -0.3 is 75.9 Å². The first-order valence-electron chi connectivity index (χ1n) is 15.9. The molecule has 4 atom stereocenters. The van der Waals surface area contributed by atoms with E-state index >= 15 is 0 Å². The fourth-order valence-corrected chi connectivity index (χ4v) is 2.54. The summed E-state index contributed by atoms with van der Waals surface area (Å²) >= 11 is 0. The molecule has 66 heavy (non-hydrogen) atoms. The fraction of sp³-hybridized carbons (Fsp3) is 0.857. The second-order valence-corrected chi connectivity index (χ2v) is 10.9. The van der Waals surface area contributed by atoms with Gasteiger partial charge in [-0.1, -0.05) is 0 Å². The van der Waals surface area contributed by atoms with Gasteiger partial charge in [-0.15, -0.1) is 22.5 Å². The third-order valence-electron chi connectivity index (χ3n) is 5.05. The van der Waals surface area contributed by atoms with Crippen molar-refractivity contribution in [2.75, 3.05) is 99.2 Å². The van der Waals surface area contributed by atoms with E-state index in [1.54, 1.807) is 0 Å². The number of hydrogen-bond acceptors (Lipinski definition) is 15. The molecule has 2 saturated heterocycles. The summed E-state index contributed by atoms with van der Waals surface area (Å²) in [6.45, 7) is -7.86. The Morgan fingerprint density at radius 2 is 0.909 bits per heavy atom. The normalized spacial score (nSPS) is 16.2. The van der Waals surface area contributed by atoms with E-state index in [0.717, 1.165) is 0 Å². The quantitative estimate of drug-likeness (QED) is 0.0267. The molecular formula is C28H38F20O15Rf3-2. The van der Waals surface area contributed by atoms with Gasteiger partial charge in [-0.2, -0.15) is 43.9 Å². The number of ether oxygens (including phenoxy) is 8. The summed E-state index contributed by atoms with van der Waals surface area (Å²) in [5, 5.41) is 33.8. The number of rotatable bonds is 27. The molecule has 0 amide bonds. The molecule has 2 heterocycles. The van der Waals surface area contributed by atoms with Crippen LogP contribution in [0.2, 0.25) is 0 Å². The number of carbonyl (C=O) groups is 2. The maximum atomic E-state index is 12.9. The number of halogens is 20. The van der Waals surface area contributed by atoms with Crippen LogP contribution in [0.25, 0.3) is 0 Å². The van der Waals surface area contributed by atoms with Crippen molar-refractivity contribution >= 4 is 12.6 Å². The topological polar surface area (TPSA) is 205 Å². The Hall–Kier alpha value is -5.58. The minimum Gasteiger partial charge on any atom is -0.419 e. The molecule has 0 saturated carbocycles. The molecule has 0 bridgehead atoms. The van der Waals surface area contributed by atoms with Gasteiger partial charge >= 0.3 is 42.8 Å². The maximum absolute atomic E-state index is 12.9. The van der Waals surface area contributed by atoms with Gasteiger partial charge in [0.1, 0.15) is 50.9 Å².